The zero-order valence-electron chi connectivity index (χ0n) is 8.53. The Kier molecular flexibility index (Phi) is 3.88. The molecule has 0 atom stereocenters. The number of hydrogen-bond acceptors (Lipinski definition) is 3. The number of primary amides is 1. The highest BCUT2D eigenvalue weighted by Crippen LogP contribution is 2.03. The summed E-state index contributed by atoms with van der Waals surface area (Å²) in [4.78, 5) is 25.9. The Bertz CT molecular complexity index is 230. The Morgan fingerprint density at radius 3 is 2.79 bits per heavy atom. The highest BCUT2D eigenvalue weighted by atomic mass is 16.2. The van der Waals surface area contributed by atoms with E-state index in [0.29, 0.717) is 19.5 Å². The minimum atomic E-state index is -0.351. The monoisotopic (exact) mass is 199 g/mol. The van der Waals surface area contributed by atoms with Crippen LogP contribution in [0.4, 0.5) is 0 Å². The van der Waals surface area contributed by atoms with Crippen LogP contribution in [0.25, 0.3) is 0 Å². The lowest BCUT2D eigenvalue weighted by molar-refractivity contribution is -0.130. The van der Waals surface area contributed by atoms with Crippen molar-refractivity contribution in [2.24, 2.45) is 5.73 Å². The minimum Gasteiger partial charge on any atom is -0.370 e. The predicted molar refractivity (Wildman–Crippen MR) is 52.5 cm³/mol. The molecule has 0 saturated carbocycles. The number of likely N-dealkylation sites (N-methyl/N-ethyl adjacent to an activating group) is 1. The van der Waals surface area contributed by atoms with Crippen LogP contribution >= 0.6 is 0 Å². The molecule has 14 heavy (non-hydrogen) atoms. The van der Waals surface area contributed by atoms with Crippen LogP contribution in [0.15, 0.2) is 0 Å². The van der Waals surface area contributed by atoms with Crippen LogP contribution < -0.4 is 5.73 Å². The quantitative estimate of drug-likeness (QED) is 0.635. The molecule has 0 spiro atoms. The molecule has 2 N–H and O–H groups in total. The average Bonchev–Trinajstić information content (AvgIpc) is 2.27. The van der Waals surface area contributed by atoms with E-state index in [0.717, 1.165) is 13.1 Å². The third kappa shape index (κ3) is 3.33. The minimum absolute atomic E-state index is 0.121. The molecular formula is C9H17N3O2. The second-order valence-electron chi connectivity index (χ2n) is 3.65. The number of amides is 2. The second kappa shape index (κ2) is 4.95. The first kappa shape index (κ1) is 11.0. The molecule has 1 heterocycles. The molecule has 5 nitrogen and oxygen atoms in total. The summed E-state index contributed by atoms with van der Waals surface area (Å²) in [6.45, 7) is 2.82. The summed E-state index contributed by atoms with van der Waals surface area (Å²) in [6, 6.07) is 0. The first-order valence-corrected chi connectivity index (χ1v) is 4.84. The van der Waals surface area contributed by atoms with Crippen molar-refractivity contribution in [1.82, 2.24) is 9.80 Å². The van der Waals surface area contributed by atoms with E-state index in [-0.39, 0.29) is 18.2 Å². The molecule has 80 valence electrons. The standard InChI is InChI=1S/C9H17N3O2/c1-11-4-3-9(14)12(7-6-11)5-2-8(10)13/h2-7H2,1H3,(H2,10,13). The van der Waals surface area contributed by atoms with Crippen molar-refractivity contribution in [2.45, 2.75) is 12.8 Å². The molecule has 0 radical (unpaired) electrons. The van der Waals surface area contributed by atoms with Crippen LogP contribution in [0.2, 0.25) is 0 Å². The van der Waals surface area contributed by atoms with Crippen molar-refractivity contribution < 1.29 is 9.59 Å². The first-order chi connectivity index (χ1) is 6.59. The van der Waals surface area contributed by atoms with E-state index in [1.165, 1.54) is 0 Å². The van der Waals surface area contributed by atoms with Crippen LogP contribution in [-0.4, -0.2) is 54.8 Å². The van der Waals surface area contributed by atoms with Crippen molar-refractivity contribution in [3.05, 3.63) is 0 Å². The summed E-state index contributed by atoms with van der Waals surface area (Å²) in [5, 5.41) is 0. The van der Waals surface area contributed by atoms with E-state index in [9.17, 15) is 9.59 Å². The molecular weight excluding hydrogens is 182 g/mol. The topological polar surface area (TPSA) is 66.6 Å². The predicted octanol–water partition coefficient (Wildman–Crippen LogP) is -0.974. The largest absolute Gasteiger partial charge is 0.370 e. The van der Waals surface area contributed by atoms with E-state index in [2.05, 4.69) is 4.90 Å². The molecule has 0 bridgehead atoms. The van der Waals surface area contributed by atoms with Gasteiger partial charge in [0.1, 0.15) is 0 Å². The van der Waals surface area contributed by atoms with Gasteiger partial charge in [0.2, 0.25) is 11.8 Å². The third-order valence-electron chi connectivity index (χ3n) is 2.44. The van der Waals surface area contributed by atoms with Gasteiger partial charge in [0.15, 0.2) is 0 Å². The van der Waals surface area contributed by atoms with Crippen molar-refractivity contribution in [3.8, 4) is 0 Å². The highest BCUT2D eigenvalue weighted by molar-refractivity contribution is 5.78. The van der Waals surface area contributed by atoms with Gasteiger partial charge in [-0.05, 0) is 7.05 Å². The molecule has 1 saturated heterocycles. The maximum Gasteiger partial charge on any atom is 0.223 e. The van der Waals surface area contributed by atoms with Gasteiger partial charge in [-0.25, -0.2) is 0 Å². The number of nitrogens with zero attached hydrogens (tertiary/aromatic N) is 2. The smallest absolute Gasteiger partial charge is 0.223 e. The molecule has 0 aliphatic carbocycles. The van der Waals surface area contributed by atoms with Crippen molar-refractivity contribution in [1.29, 1.82) is 0 Å². The van der Waals surface area contributed by atoms with Gasteiger partial charge < -0.3 is 15.5 Å². The molecule has 0 unspecified atom stereocenters. The Labute approximate surface area is 83.8 Å². The lowest BCUT2D eigenvalue weighted by Crippen LogP contribution is -2.35. The van der Waals surface area contributed by atoms with Crippen LogP contribution in [0.3, 0.4) is 0 Å². The fraction of sp³-hybridized carbons (Fsp3) is 0.778. The van der Waals surface area contributed by atoms with Crippen LogP contribution in [-0.2, 0) is 9.59 Å². The Morgan fingerprint density at radius 2 is 2.14 bits per heavy atom. The fourth-order valence-electron chi connectivity index (χ4n) is 1.45. The highest BCUT2D eigenvalue weighted by Gasteiger charge is 2.18. The van der Waals surface area contributed by atoms with Crippen LogP contribution in [0.5, 0.6) is 0 Å². The summed E-state index contributed by atoms with van der Waals surface area (Å²) in [6.07, 6.45) is 0.796. The van der Waals surface area contributed by atoms with E-state index < -0.39 is 0 Å². The summed E-state index contributed by atoms with van der Waals surface area (Å²) >= 11 is 0. The molecule has 1 aliphatic heterocycles. The summed E-state index contributed by atoms with van der Waals surface area (Å²) < 4.78 is 0. The maximum atomic E-state index is 11.5. The molecule has 1 fully saturated rings. The van der Waals surface area contributed by atoms with E-state index in [1.807, 2.05) is 7.05 Å². The normalized spacial score (nSPS) is 19.5. The van der Waals surface area contributed by atoms with Crippen LogP contribution in [0.1, 0.15) is 12.8 Å². The molecule has 2 amide bonds. The van der Waals surface area contributed by atoms with E-state index in [1.54, 1.807) is 4.90 Å². The molecule has 1 rings (SSSR count). The molecule has 0 aromatic heterocycles. The van der Waals surface area contributed by atoms with Crippen molar-refractivity contribution in [2.75, 3.05) is 33.2 Å². The molecule has 0 aromatic rings. The fourth-order valence-corrected chi connectivity index (χ4v) is 1.45. The molecule has 0 aromatic carbocycles. The number of carbonyl (C=O) groups is 2. The van der Waals surface area contributed by atoms with E-state index in [4.69, 9.17) is 5.73 Å². The zero-order chi connectivity index (χ0) is 10.6. The summed E-state index contributed by atoms with van der Waals surface area (Å²) in [7, 11) is 1.99. The van der Waals surface area contributed by atoms with Gasteiger partial charge in [-0.1, -0.05) is 0 Å². The van der Waals surface area contributed by atoms with Gasteiger partial charge in [-0.2, -0.15) is 0 Å². The number of hydrogen-bond donors (Lipinski definition) is 1. The van der Waals surface area contributed by atoms with Gasteiger partial charge in [0, 0.05) is 39.0 Å². The van der Waals surface area contributed by atoms with Gasteiger partial charge >= 0.3 is 0 Å². The number of carbonyl (C=O) groups excluding carboxylic acids is 2. The third-order valence-corrected chi connectivity index (χ3v) is 2.44. The SMILES string of the molecule is CN1CCC(=O)N(CCC(N)=O)CC1. The van der Waals surface area contributed by atoms with Gasteiger partial charge in [0.05, 0.1) is 0 Å². The summed E-state index contributed by atoms with van der Waals surface area (Å²) in [5.74, 6) is -0.231. The Balaban J connectivity index is 2.41. The zero-order valence-corrected chi connectivity index (χ0v) is 8.53. The van der Waals surface area contributed by atoms with Gasteiger partial charge in [-0.15, -0.1) is 0 Å². The van der Waals surface area contributed by atoms with Crippen molar-refractivity contribution >= 4 is 11.8 Å². The summed E-state index contributed by atoms with van der Waals surface area (Å²) in [5.41, 5.74) is 5.03. The average molecular weight is 199 g/mol. The molecule has 1 aliphatic rings. The number of rotatable bonds is 3. The van der Waals surface area contributed by atoms with Crippen LogP contribution in [0, 0.1) is 0 Å². The second-order valence-corrected chi connectivity index (χ2v) is 3.65. The Hall–Kier alpha value is -1.10. The Morgan fingerprint density at radius 1 is 1.43 bits per heavy atom. The van der Waals surface area contributed by atoms with Crippen molar-refractivity contribution in [3.63, 3.8) is 0 Å². The maximum absolute atomic E-state index is 11.5. The first-order valence-electron chi connectivity index (χ1n) is 4.84. The molecule has 5 heteroatoms. The lowest BCUT2D eigenvalue weighted by Gasteiger charge is -2.19. The van der Waals surface area contributed by atoms with E-state index >= 15 is 0 Å². The number of nitrogens with two attached hydrogens (primary N) is 1. The van der Waals surface area contributed by atoms with Gasteiger partial charge in [-0.3, -0.25) is 9.59 Å². The lowest BCUT2D eigenvalue weighted by atomic mass is 10.3. The van der Waals surface area contributed by atoms with Gasteiger partial charge in [0.25, 0.3) is 0 Å².